The van der Waals surface area contributed by atoms with Crippen molar-refractivity contribution in [3.8, 4) is 0 Å². The largest absolute Gasteiger partial charge is 0.291 e. The third kappa shape index (κ3) is 1.05. The highest BCUT2D eigenvalue weighted by molar-refractivity contribution is 9.10. The highest BCUT2D eigenvalue weighted by atomic mass is 79.9. The van der Waals surface area contributed by atoms with Gasteiger partial charge >= 0.3 is 0 Å². The molecule has 1 aromatic carbocycles. The molecule has 0 radical (unpaired) electrons. The predicted molar refractivity (Wildman–Crippen MR) is 57.5 cm³/mol. The molecular weight excluding hydrogens is 258 g/mol. The Morgan fingerprint density at radius 1 is 1.27 bits per heavy atom. The van der Waals surface area contributed by atoms with E-state index >= 15 is 0 Å². The van der Waals surface area contributed by atoms with Crippen molar-refractivity contribution in [1.29, 1.82) is 0 Å². The minimum absolute atomic E-state index is 0.141. The van der Waals surface area contributed by atoms with E-state index in [-0.39, 0.29) is 11.8 Å². The van der Waals surface area contributed by atoms with Gasteiger partial charge in [0.25, 0.3) is 5.91 Å². The molecule has 0 unspecified atom stereocenters. The average molecular weight is 266 g/mol. The molecule has 0 bridgehead atoms. The van der Waals surface area contributed by atoms with E-state index in [9.17, 15) is 9.59 Å². The topological polar surface area (TPSA) is 46.2 Å². The number of hydrogen-bond acceptors (Lipinski definition) is 2. The molecule has 2 amide bonds. The lowest BCUT2D eigenvalue weighted by Crippen LogP contribution is -2.45. The minimum Gasteiger partial charge on any atom is -0.291 e. The van der Waals surface area contributed by atoms with Gasteiger partial charge < -0.3 is 0 Å². The third-order valence-electron chi connectivity index (χ3n) is 3.17. The first-order chi connectivity index (χ1) is 7.15. The van der Waals surface area contributed by atoms with Gasteiger partial charge in [0.2, 0.25) is 5.91 Å². The first-order valence-electron chi connectivity index (χ1n) is 4.80. The third-order valence-corrected chi connectivity index (χ3v) is 3.83. The molecule has 15 heavy (non-hydrogen) atoms. The lowest BCUT2D eigenvalue weighted by molar-refractivity contribution is -0.122. The monoisotopic (exact) mass is 265 g/mol. The highest BCUT2D eigenvalue weighted by Crippen LogP contribution is 2.52. The predicted octanol–water partition coefficient (Wildman–Crippen LogP) is 1.75. The molecule has 4 heteroatoms. The van der Waals surface area contributed by atoms with Crippen LogP contribution >= 0.6 is 15.9 Å². The van der Waals surface area contributed by atoms with E-state index in [1.165, 1.54) is 0 Å². The summed E-state index contributed by atoms with van der Waals surface area (Å²) < 4.78 is 0.760. The van der Waals surface area contributed by atoms with E-state index in [1.807, 2.05) is 18.2 Å². The Hall–Kier alpha value is -1.16. The van der Waals surface area contributed by atoms with Crippen molar-refractivity contribution in [3.05, 3.63) is 33.8 Å². The fourth-order valence-electron chi connectivity index (χ4n) is 2.18. The molecule has 1 N–H and O–H groups in total. The highest BCUT2D eigenvalue weighted by Gasteiger charge is 2.56. The normalized spacial score (nSPS) is 21.1. The van der Waals surface area contributed by atoms with Crippen molar-refractivity contribution < 1.29 is 9.59 Å². The zero-order valence-electron chi connectivity index (χ0n) is 7.84. The summed E-state index contributed by atoms with van der Waals surface area (Å²) in [5.41, 5.74) is 1.09. The number of fused-ring (bicyclic) bond motifs is 2. The molecule has 1 aliphatic carbocycles. The molecule has 3 rings (SSSR count). The van der Waals surface area contributed by atoms with E-state index in [0.717, 1.165) is 22.9 Å². The molecule has 1 saturated carbocycles. The summed E-state index contributed by atoms with van der Waals surface area (Å²) in [5, 5.41) is 2.42. The van der Waals surface area contributed by atoms with Crippen molar-refractivity contribution in [2.24, 2.45) is 0 Å². The van der Waals surface area contributed by atoms with Crippen LogP contribution in [0.3, 0.4) is 0 Å². The number of carbonyl (C=O) groups excluding carboxylic acids is 2. The van der Waals surface area contributed by atoms with Crippen molar-refractivity contribution in [2.45, 2.75) is 18.3 Å². The maximum absolute atomic E-state index is 11.7. The summed E-state index contributed by atoms with van der Waals surface area (Å²) in [4.78, 5) is 23.4. The molecule has 0 aromatic heterocycles. The van der Waals surface area contributed by atoms with Gasteiger partial charge in [0.05, 0.1) is 11.0 Å². The Morgan fingerprint density at radius 2 is 2.00 bits per heavy atom. The van der Waals surface area contributed by atoms with E-state index < -0.39 is 5.41 Å². The molecule has 76 valence electrons. The fourth-order valence-corrected chi connectivity index (χ4v) is 2.73. The van der Waals surface area contributed by atoms with Crippen LogP contribution in [0.25, 0.3) is 0 Å². The van der Waals surface area contributed by atoms with Gasteiger partial charge in [0.1, 0.15) is 0 Å². The van der Waals surface area contributed by atoms with Gasteiger partial charge in [-0.25, -0.2) is 0 Å². The summed E-state index contributed by atoms with van der Waals surface area (Å²) in [5.74, 6) is -0.432. The number of amides is 2. The molecule has 1 fully saturated rings. The van der Waals surface area contributed by atoms with Crippen LogP contribution in [-0.4, -0.2) is 11.8 Å². The van der Waals surface area contributed by atoms with Gasteiger partial charge in [-0.3, -0.25) is 14.9 Å². The molecule has 0 atom stereocenters. The quantitative estimate of drug-likeness (QED) is 0.727. The van der Waals surface area contributed by atoms with E-state index in [4.69, 9.17) is 0 Å². The summed E-state index contributed by atoms with van der Waals surface area (Å²) >= 11 is 3.35. The Morgan fingerprint density at radius 3 is 2.67 bits per heavy atom. The van der Waals surface area contributed by atoms with Crippen LogP contribution < -0.4 is 5.32 Å². The van der Waals surface area contributed by atoms with Gasteiger partial charge in [-0.2, -0.15) is 0 Å². The molecule has 2 aliphatic rings. The van der Waals surface area contributed by atoms with Crippen molar-refractivity contribution in [3.63, 3.8) is 0 Å². The van der Waals surface area contributed by atoms with Crippen LogP contribution in [-0.2, 0) is 10.2 Å². The molecule has 1 aliphatic heterocycles. The number of hydrogen-bond donors (Lipinski definition) is 1. The number of nitrogens with one attached hydrogen (secondary N) is 1. The van der Waals surface area contributed by atoms with Gasteiger partial charge in [0.15, 0.2) is 0 Å². The number of halogens is 1. The number of rotatable bonds is 0. The fraction of sp³-hybridized carbons (Fsp3) is 0.273. The number of carbonyl (C=O) groups is 2. The Labute approximate surface area is 95.0 Å². The molecule has 3 nitrogen and oxygen atoms in total. The zero-order chi connectivity index (χ0) is 10.6. The molecule has 0 saturated heterocycles. The maximum Gasteiger partial charge on any atom is 0.259 e. The van der Waals surface area contributed by atoms with Crippen molar-refractivity contribution >= 4 is 27.7 Å². The van der Waals surface area contributed by atoms with Gasteiger partial charge in [0, 0.05) is 4.47 Å². The Bertz CT molecular complexity index is 491. The second-order valence-electron chi connectivity index (χ2n) is 4.03. The van der Waals surface area contributed by atoms with Crippen molar-refractivity contribution in [2.75, 3.05) is 0 Å². The summed E-state index contributed by atoms with van der Waals surface area (Å²) in [6.45, 7) is 0. The van der Waals surface area contributed by atoms with Crippen LogP contribution in [0.2, 0.25) is 0 Å². The zero-order valence-corrected chi connectivity index (χ0v) is 9.43. The van der Waals surface area contributed by atoms with Crippen LogP contribution in [0, 0.1) is 0 Å². The van der Waals surface area contributed by atoms with E-state index in [2.05, 4.69) is 21.2 Å². The van der Waals surface area contributed by atoms with Crippen LogP contribution in [0.4, 0.5) is 0 Å². The first-order valence-corrected chi connectivity index (χ1v) is 5.59. The molecular formula is C11H8BrNO2. The molecule has 1 spiro atoms. The smallest absolute Gasteiger partial charge is 0.259 e. The number of benzene rings is 1. The van der Waals surface area contributed by atoms with Gasteiger partial charge in [-0.15, -0.1) is 0 Å². The Balaban J connectivity index is 2.30. The Kier molecular flexibility index (Phi) is 1.63. The van der Waals surface area contributed by atoms with E-state index in [0.29, 0.717) is 5.56 Å². The molecule has 1 heterocycles. The van der Waals surface area contributed by atoms with Gasteiger partial charge in [-0.05, 0) is 40.4 Å². The lowest BCUT2D eigenvalue weighted by atomic mass is 9.87. The minimum atomic E-state index is -0.410. The molecule has 1 aromatic rings. The number of imide groups is 1. The maximum atomic E-state index is 11.7. The van der Waals surface area contributed by atoms with Gasteiger partial charge in [-0.1, -0.05) is 12.1 Å². The van der Waals surface area contributed by atoms with Crippen LogP contribution in [0.1, 0.15) is 28.8 Å². The van der Waals surface area contributed by atoms with Crippen LogP contribution in [0.15, 0.2) is 22.7 Å². The summed E-state index contributed by atoms with van der Waals surface area (Å²) in [6, 6.07) is 5.57. The standard InChI is InChI=1S/C11H8BrNO2/c12-7-3-1-2-6-8(7)9(14)13-10(15)11(6)4-5-11/h1-3H,4-5H2,(H,13,14,15). The van der Waals surface area contributed by atoms with Crippen LogP contribution in [0.5, 0.6) is 0 Å². The average Bonchev–Trinajstić information content (AvgIpc) is 2.95. The lowest BCUT2D eigenvalue weighted by Gasteiger charge is -2.24. The second kappa shape index (κ2) is 2.70. The summed E-state index contributed by atoms with van der Waals surface area (Å²) in [6.07, 6.45) is 1.69. The van der Waals surface area contributed by atoms with E-state index in [1.54, 1.807) is 0 Å². The first kappa shape index (κ1) is 9.09. The SMILES string of the molecule is O=C1NC(=O)C2(CC2)c2cccc(Br)c21. The van der Waals surface area contributed by atoms with Crippen molar-refractivity contribution in [1.82, 2.24) is 5.32 Å². The second-order valence-corrected chi connectivity index (χ2v) is 4.88. The summed E-state index contributed by atoms with van der Waals surface area (Å²) in [7, 11) is 0.